The monoisotopic (exact) mass is 293 g/mol. The van der Waals surface area contributed by atoms with Crippen molar-refractivity contribution in [3.8, 4) is 0 Å². The van der Waals surface area contributed by atoms with Crippen molar-refractivity contribution in [2.45, 2.75) is 46.1 Å². The summed E-state index contributed by atoms with van der Waals surface area (Å²) in [6, 6.07) is -0.0425. The Kier molecular flexibility index (Phi) is 7.66. The fourth-order valence-corrected chi connectivity index (χ4v) is 2.67. The second-order valence-electron chi connectivity index (χ2n) is 4.62. The second kappa shape index (κ2) is 8.14. The molecule has 0 bridgehead atoms. The molecule has 1 N–H and O–H groups in total. The Labute approximate surface area is 114 Å². The zero-order valence-electron chi connectivity index (χ0n) is 11.8. The van der Waals surface area contributed by atoms with Crippen LogP contribution in [-0.2, 0) is 19.4 Å². The Morgan fingerprint density at radius 2 is 1.79 bits per heavy atom. The molecule has 112 valence electrons. The van der Waals surface area contributed by atoms with Gasteiger partial charge in [0, 0.05) is 12.6 Å². The molecule has 0 aliphatic heterocycles. The Balaban J connectivity index is 4.76. The molecule has 19 heavy (non-hydrogen) atoms. The van der Waals surface area contributed by atoms with Gasteiger partial charge in [0.1, 0.15) is 11.5 Å². The molecule has 0 saturated heterocycles. The number of sulfone groups is 1. The van der Waals surface area contributed by atoms with E-state index in [-0.39, 0.29) is 6.04 Å². The van der Waals surface area contributed by atoms with Crippen molar-refractivity contribution in [1.29, 1.82) is 0 Å². The van der Waals surface area contributed by atoms with E-state index in [1.807, 2.05) is 20.8 Å². The van der Waals surface area contributed by atoms with Crippen LogP contribution in [0, 0.1) is 0 Å². The van der Waals surface area contributed by atoms with Gasteiger partial charge >= 0.3 is 5.97 Å². The van der Waals surface area contributed by atoms with E-state index in [1.165, 1.54) is 4.90 Å². The number of hydrogen-bond acceptors (Lipinski definition) is 4. The molecule has 0 spiro atoms. The lowest BCUT2D eigenvalue weighted by Gasteiger charge is -2.28. The number of rotatable bonds is 9. The minimum atomic E-state index is -3.88. The molecule has 0 saturated carbocycles. The summed E-state index contributed by atoms with van der Waals surface area (Å²) < 4.78 is 23.0. The Hall–Kier alpha value is -1.11. The Morgan fingerprint density at radius 3 is 2.21 bits per heavy atom. The summed E-state index contributed by atoms with van der Waals surface area (Å²) in [5.74, 6) is -3.67. The van der Waals surface area contributed by atoms with E-state index in [0.29, 0.717) is 6.54 Å². The predicted molar refractivity (Wildman–Crippen MR) is 72.7 cm³/mol. The average molecular weight is 293 g/mol. The number of hydrogen-bond donors (Lipinski definition) is 1. The van der Waals surface area contributed by atoms with Crippen LogP contribution < -0.4 is 0 Å². The molecule has 0 aromatic rings. The largest absolute Gasteiger partial charge is 0.480 e. The summed E-state index contributed by atoms with van der Waals surface area (Å²) in [6.07, 6.45) is 2.44. The van der Waals surface area contributed by atoms with Crippen molar-refractivity contribution in [1.82, 2.24) is 4.90 Å². The normalized spacial score (nSPS) is 13.0. The standard InChI is InChI=1S/C12H23NO5S/c1-4-6-7-13(10(3)5-2)11(14)8-19(17,18)9-12(15)16/h10H,4-9H2,1-3H3,(H,15,16)/t10-/m0/s1. The first-order valence-electron chi connectivity index (χ1n) is 6.45. The van der Waals surface area contributed by atoms with Crippen molar-refractivity contribution in [2.75, 3.05) is 18.1 Å². The highest BCUT2D eigenvalue weighted by molar-refractivity contribution is 7.92. The van der Waals surface area contributed by atoms with Crippen molar-refractivity contribution >= 4 is 21.7 Å². The third kappa shape index (κ3) is 7.15. The van der Waals surface area contributed by atoms with Gasteiger partial charge in [0.2, 0.25) is 5.91 Å². The highest BCUT2D eigenvalue weighted by atomic mass is 32.2. The van der Waals surface area contributed by atoms with Gasteiger partial charge in [-0.05, 0) is 19.8 Å². The molecule has 0 aromatic heterocycles. The lowest BCUT2D eigenvalue weighted by molar-refractivity contribution is -0.134. The number of nitrogens with zero attached hydrogens (tertiary/aromatic N) is 1. The summed E-state index contributed by atoms with van der Waals surface area (Å²) in [7, 11) is -3.88. The van der Waals surface area contributed by atoms with E-state index in [0.717, 1.165) is 19.3 Å². The quantitative estimate of drug-likeness (QED) is 0.682. The summed E-state index contributed by atoms with van der Waals surface area (Å²) in [6.45, 7) is 6.27. The van der Waals surface area contributed by atoms with E-state index >= 15 is 0 Å². The van der Waals surface area contributed by atoms with Gasteiger partial charge < -0.3 is 10.0 Å². The zero-order chi connectivity index (χ0) is 15.1. The average Bonchev–Trinajstić information content (AvgIpc) is 2.26. The molecule has 1 amide bonds. The third-order valence-corrected chi connectivity index (χ3v) is 4.26. The van der Waals surface area contributed by atoms with Gasteiger partial charge in [0.05, 0.1) is 0 Å². The van der Waals surface area contributed by atoms with Gasteiger partial charge in [-0.15, -0.1) is 0 Å². The van der Waals surface area contributed by atoms with Gasteiger partial charge in [-0.2, -0.15) is 0 Å². The van der Waals surface area contributed by atoms with Crippen LogP contribution in [0.4, 0.5) is 0 Å². The lowest BCUT2D eigenvalue weighted by atomic mass is 10.2. The molecule has 0 heterocycles. The molecule has 0 unspecified atom stereocenters. The van der Waals surface area contributed by atoms with Gasteiger partial charge in [0.25, 0.3) is 0 Å². The minimum Gasteiger partial charge on any atom is -0.480 e. The molecule has 0 aliphatic rings. The molecule has 0 aliphatic carbocycles. The molecular formula is C12H23NO5S. The predicted octanol–water partition coefficient (Wildman–Crippen LogP) is 0.913. The van der Waals surface area contributed by atoms with Crippen LogP contribution in [0.5, 0.6) is 0 Å². The van der Waals surface area contributed by atoms with Crippen LogP contribution in [0.15, 0.2) is 0 Å². The van der Waals surface area contributed by atoms with Crippen molar-refractivity contribution < 1.29 is 23.1 Å². The van der Waals surface area contributed by atoms with E-state index in [4.69, 9.17) is 5.11 Å². The van der Waals surface area contributed by atoms with Gasteiger partial charge in [-0.3, -0.25) is 9.59 Å². The highest BCUT2D eigenvalue weighted by Gasteiger charge is 2.26. The third-order valence-electron chi connectivity index (χ3n) is 2.88. The van der Waals surface area contributed by atoms with Crippen LogP contribution in [0.25, 0.3) is 0 Å². The number of carbonyl (C=O) groups excluding carboxylic acids is 1. The minimum absolute atomic E-state index is 0.0425. The van der Waals surface area contributed by atoms with Gasteiger partial charge in [-0.1, -0.05) is 20.3 Å². The van der Waals surface area contributed by atoms with Crippen LogP contribution in [0.1, 0.15) is 40.0 Å². The zero-order valence-corrected chi connectivity index (χ0v) is 12.6. The highest BCUT2D eigenvalue weighted by Crippen LogP contribution is 2.08. The lowest BCUT2D eigenvalue weighted by Crippen LogP contribution is -2.42. The van der Waals surface area contributed by atoms with Crippen molar-refractivity contribution in [3.63, 3.8) is 0 Å². The Morgan fingerprint density at radius 1 is 1.21 bits per heavy atom. The molecule has 0 rings (SSSR count). The number of carboxylic acid groups (broad SMARTS) is 1. The summed E-state index contributed by atoms with van der Waals surface area (Å²) in [5, 5.41) is 8.49. The first-order valence-corrected chi connectivity index (χ1v) is 8.27. The molecule has 1 atom stereocenters. The molecular weight excluding hydrogens is 270 g/mol. The maximum absolute atomic E-state index is 12.0. The van der Waals surface area contributed by atoms with E-state index in [1.54, 1.807) is 0 Å². The van der Waals surface area contributed by atoms with Crippen LogP contribution in [0.2, 0.25) is 0 Å². The van der Waals surface area contributed by atoms with Crippen LogP contribution in [0.3, 0.4) is 0 Å². The van der Waals surface area contributed by atoms with E-state index in [2.05, 4.69) is 0 Å². The number of unbranched alkanes of at least 4 members (excludes halogenated alkanes) is 1. The first kappa shape index (κ1) is 17.9. The van der Waals surface area contributed by atoms with E-state index in [9.17, 15) is 18.0 Å². The molecule has 6 nitrogen and oxygen atoms in total. The SMILES string of the molecule is CCCCN(C(=O)CS(=O)(=O)CC(=O)O)[C@@H](C)CC. The van der Waals surface area contributed by atoms with Crippen LogP contribution >= 0.6 is 0 Å². The maximum atomic E-state index is 12.0. The molecule has 0 radical (unpaired) electrons. The Bertz CT molecular complexity index is 404. The molecule has 7 heteroatoms. The fourth-order valence-electron chi connectivity index (χ4n) is 1.65. The van der Waals surface area contributed by atoms with Crippen molar-refractivity contribution in [3.05, 3.63) is 0 Å². The second-order valence-corrected chi connectivity index (χ2v) is 6.69. The van der Waals surface area contributed by atoms with E-state index < -0.39 is 33.2 Å². The molecule has 0 aromatic carbocycles. The first-order chi connectivity index (χ1) is 8.73. The van der Waals surface area contributed by atoms with Crippen molar-refractivity contribution in [2.24, 2.45) is 0 Å². The summed E-state index contributed by atoms with van der Waals surface area (Å²) >= 11 is 0. The number of aliphatic carboxylic acids is 1. The molecule has 0 fully saturated rings. The number of amides is 1. The van der Waals surface area contributed by atoms with Crippen LogP contribution in [-0.4, -0.2) is 54.4 Å². The number of carbonyl (C=O) groups is 2. The topological polar surface area (TPSA) is 91.8 Å². The smallest absolute Gasteiger partial charge is 0.318 e. The fraction of sp³-hybridized carbons (Fsp3) is 0.833. The maximum Gasteiger partial charge on any atom is 0.318 e. The van der Waals surface area contributed by atoms with Gasteiger partial charge in [-0.25, -0.2) is 8.42 Å². The summed E-state index contributed by atoms with van der Waals surface area (Å²) in [5.41, 5.74) is 0. The van der Waals surface area contributed by atoms with Gasteiger partial charge in [0.15, 0.2) is 9.84 Å². The number of carboxylic acids is 1. The summed E-state index contributed by atoms with van der Waals surface area (Å²) in [4.78, 5) is 24.0.